The highest BCUT2D eigenvalue weighted by Gasteiger charge is 2.33. The summed E-state index contributed by atoms with van der Waals surface area (Å²) < 4.78 is 46.7. The standard InChI is InChI=1S/C23H15ClF3N3O4/c1-11(29-16-5-6-19(24)30-20(16)22(32)33)13-8-12(23(25,26)27)9-14-17(31)10-18(34-21(13)14)15-4-2-3-7-28-15/h2-11,29H,1H3,(H,32,33). The largest absolute Gasteiger partial charge is 0.476 e. The third kappa shape index (κ3) is 4.58. The maximum Gasteiger partial charge on any atom is 0.416 e. The number of nitrogens with zero attached hydrogens (tertiary/aromatic N) is 2. The van der Waals surface area contributed by atoms with Crippen molar-refractivity contribution in [2.24, 2.45) is 0 Å². The number of aromatic carboxylic acids is 1. The molecule has 174 valence electrons. The Morgan fingerprint density at radius 2 is 1.94 bits per heavy atom. The molecule has 0 spiro atoms. The van der Waals surface area contributed by atoms with E-state index in [2.05, 4.69) is 15.3 Å². The van der Waals surface area contributed by atoms with E-state index in [1.807, 2.05) is 0 Å². The zero-order chi connectivity index (χ0) is 24.6. The van der Waals surface area contributed by atoms with Crippen LogP contribution in [-0.4, -0.2) is 21.0 Å². The number of carboxylic acid groups (broad SMARTS) is 1. The molecule has 0 amide bonds. The fourth-order valence-electron chi connectivity index (χ4n) is 3.43. The van der Waals surface area contributed by atoms with Crippen molar-refractivity contribution < 1.29 is 27.5 Å². The minimum atomic E-state index is -4.73. The summed E-state index contributed by atoms with van der Waals surface area (Å²) in [7, 11) is 0. The van der Waals surface area contributed by atoms with E-state index < -0.39 is 34.9 Å². The molecule has 1 aromatic carbocycles. The molecule has 0 saturated heterocycles. The Hall–Kier alpha value is -3.92. The Morgan fingerprint density at radius 1 is 1.18 bits per heavy atom. The molecule has 3 heterocycles. The molecule has 0 fully saturated rings. The second-order valence-corrected chi connectivity index (χ2v) is 7.72. The summed E-state index contributed by atoms with van der Waals surface area (Å²) in [5.74, 6) is -1.30. The van der Waals surface area contributed by atoms with Crippen LogP contribution in [0.2, 0.25) is 5.15 Å². The van der Waals surface area contributed by atoms with Gasteiger partial charge >= 0.3 is 12.1 Å². The van der Waals surface area contributed by atoms with Crippen molar-refractivity contribution in [3.05, 3.63) is 86.9 Å². The molecule has 34 heavy (non-hydrogen) atoms. The predicted octanol–water partition coefficient (Wildman–Crippen LogP) is 5.79. The van der Waals surface area contributed by atoms with Crippen LogP contribution in [0, 0.1) is 0 Å². The van der Waals surface area contributed by atoms with Crippen molar-refractivity contribution in [3.63, 3.8) is 0 Å². The number of nitrogens with one attached hydrogen (secondary N) is 1. The van der Waals surface area contributed by atoms with Crippen molar-refractivity contribution in [1.82, 2.24) is 9.97 Å². The maximum absolute atomic E-state index is 13.6. The van der Waals surface area contributed by atoms with Gasteiger partial charge in [0.15, 0.2) is 16.9 Å². The van der Waals surface area contributed by atoms with E-state index in [0.717, 1.165) is 18.2 Å². The molecule has 0 aliphatic rings. The number of rotatable bonds is 5. The first-order chi connectivity index (χ1) is 16.0. The van der Waals surface area contributed by atoms with E-state index in [1.54, 1.807) is 18.2 Å². The molecule has 1 atom stereocenters. The Labute approximate surface area is 194 Å². The summed E-state index contributed by atoms with van der Waals surface area (Å²) in [5.41, 5.74) is -1.88. The third-order valence-electron chi connectivity index (χ3n) is 5.00. The van der Waals surface area contributed by atoms with Gasteiger partial charge < -0.3 is 14.8 Å². The van der Waals surface area contributed by atoms with Crippen molar-refractivity contribution >= 4 is 34.2 Å². The number of carbonyl (C=O) groups is 1. The molecule has 1 unspecified atom stereocenters. The molecule has 4 rings (SSSR count). The first-order valence-electron chi connectivity index (χ1n) is 9.81. The molecule has 2 N–H and O–H groups in total. The lowest BCUT2D eigenvalue weighted by molar-refractivity contribution is -0.137. The molecule has 0 bridgehead atoms. The van der Waals surface area contributed by atoms with Gasteiger partial charge in [-0.1, -0.05) is 17.7 Å². The summed E-state index contributed by atoms with van der Waals surface area (Å²) in [6.45, 7) is 1.50. The summed E-state index contributed by atoms with van der Waals surface area (Å²) in [5, 5.41) is 11.9. The van der Waals surface area contributed by atoms with Crippen molar-refractivity contribution in [3.8, 4) is 11.5 Å². The normalized spacial score (nSPS) is 12.5. The van der Waals surface area contributed by atoms with E-state index in [4.69, 9.17) is 16.0 Å². The van der Waals surface area contributed by atoms with E-state index in [0.29, 0.717) is 5.69 Å². The highest BCUT2D eigenvalue weighted by molar-refractivity contribution is 6.29. The SMILES string of the molecule is CC(Nc1ccc(Cl)nc1C(=O)O)c1cc(C(F)(F)F)cc2c(=O)cc(-c3ccccn3)oc12. The minimum Gasteiger partial charge on any atom is -0.476 e. The number of aromatic nitrogens is 2. The number of fused-ring (bicyclic) bond motifs is 1. The van der Waals surface area contributed by atoms with Crippen molar-refractivity contribution in [2.75, 3.05) is 5.32 Å². The monoisotopic (exact) mass is 489 g/mol. The molecular formula is C23H15ClF3N3O4. The van der Waals surface area contributed by atoms with Gasteiger partial charge in [0.2, 0.25) is 0 Å². The van der Waals surface area contributed by atoms with Crippen LogP contribution in [-0.2, 0) is 6.18 Å². The fourth-order valence-corrected chi connectivity index (χ4v) is 3.58. The van der Waals surface area contributed by atoms with Gasteiger partial charge in [0.1, 0.15) is 16.4 Å². The Kier molecular flexibility index (Phi) is 6.01. The average molecular weight is 490 g/mol. The number of pyridine rings is 2. The molecular weight excluding hydrogens is 475 g/mol. The molecule has 3 aromatic heterocycles. The number of carboxylic acids is 1. The summed E-state index contributed by atoms with van der Waals surface area (Å²) in [4.78, 5) is 32.2. The molecule has 0 aliphatic heterocycles. The van der Waals surface area contributed by atoms with E-state index in [-0.39, 0.29) is 33.1 Å². The number of hydrogen-bond donors (Lipinski definition) is 2. The maximum atomic E-state index is 13.6. The lowest BCUT2D eigenvalue weighted by atomic mass is 9.99. The van der Waals surface area contributed by atoms with Crippen LogP contribution in [0.25, 0.3) is 22.4 Å². The molecule has 0 radical (unpaired) electrons. The highest BCUT2D eigenvalue weighted by Crippen LogP contribution is 2.36. The first kappa shape index (κ1) is 23.2. The second kappa shape index (κ2) is 8.79. The lowest BCUT2D eigenvalue weighted by Crippen LogP contribution is -2.15. The van der Waals surface area contributed by atoms with Crippen LogP contribution in [0.4, 0.5) is 18.9 Å². The van der Waals surface area contributed by atoms with Crippen LogP contribution in [0.3, 0.4) is 0 Å². The van der Waals surface area contributed by atoms with Gasteiger partial charge in [-0.3, -0.25) is 9.78 Å². The molecule has 0 saturated carbocycles. The van der Waals surface area contributed by atoms with Gasteiger partial charge in [-0.05, 0) is 43.3 Å². The van der Waals surface area contributed by atoms with Gasteiger partial charge in [0.05, 0.1) is 22.7 Å². The Bertz CT molecular complexity index is 1460. The zero-order valence-electron chi connectivity index (χ0n) is 17.4. The second-order valence-electron chi connectivity index (χ2n) is 7.33. The van der Waals surface area contributed by atoms with Crippen molar-refractivity contribution in [1.29, 1.82) is 0 Å². The van der Waals surface area contributed by atoms with Gasteiger partial charge in [0.25, 0.3) is 0 Å². The van der Waals surface area contributed by atoms with Gasteiger partial charge in [-0.15, -0.1) is 0 Å². The van der Waals surface area contributed by atoms with Gasteiger partial charge in [-0.25, -0.2) is 9.78 Å². The van der Waals surface area contributed by atoms with Crippen LogP contribution in [0.1, 0.15) is 34.6 Å². The average Bonchev–Trinajstić information content (AvgIpc) is 2.79. The van der Waals surface area contributed by atoms with Gasteiger partial charge in [-0.2, -0.15) is 13.2 Å². The summed E-state index contributed by atoms with van der Waals surface area (Å²) in [6.07, 6.45) is -3.25. The summed E-state index contributed by atoms with van der Waals surface area (Å²) in [6, 6.07) is 9.36. The highest BCUT2D eigenvalue weighted by atomic mass is 35.5. The molecule has 4 aromatic rings. The Balaban J connectivity index is 1.92. The number of benzene rings is 1. The molecule has 11 heteroatoms. The molecule has 0 aliphatic carbocycles. The minimum absolute atomic E-state index is 0.00834. The van der Waals surface area contributed by atoms with E-state index >= 15 is 0 Å². The van der Waals surface area contributed by atoms with Crippen LogP contribution < -0.4 is 10.7 Å². The number of anilines is 1. The smallest absolute Gasteiger partial charge is 0.416 e. The first-order valence-corrected chi connectivity index (χ1v) is 10.2. The fraction of sp³-hybridized carbons (Fsp3) is 0.130. The third-order valence-corrected chi connectivity index (χ3v) is 5.21. The van der Waals surface area contributed by atoms with Crippen LogP contribution in [0.15, 0.2) is 63.9 Å². The number of hydrogen-bond acceptors (Lipinski definition) is 6. The number of alkyl halides is 3. The van der Waals surface area contributed by atoms with E-state index in [9.17, 15) is 27.9 Å². The van der Waals surface area contributed by atoms with Crippen LogP contribution >= 0.6 is 11.6 Å². The zero-order valence-corrected chi connectivity index (χ0v) is 18.1. The summed E-state index contributed by atoms with van der Waals surface area (Å²) >= 11 is 5.77. The topological polar surface area (TPSA) is 105 Å². The van der Waals surface area contributed by atoms with Crippen LogP contribution in [0.5, 0.6) is 0 Å². The number of halogens is 4. The Morgan fingerprint density at radius 3 is 2.59 bits per heavy atom. The van der Waals surface area contributed by atoms with Crippen molar-refractivity contribution in [2.45, 2.75) is 19.1 Å². The quantitative estimate of drug-likeness (QED) is 0.342. The lowest BCUT2D eigenvalue weighted by Gasteiger charge is -2.20. The van der Waals surface area contributed by atoms with E-state index in [1.165, 1.54) is 25.3 Å². The molecule has 7 nitrogen and oxygen atoms in total. The predicted molar refractivity (Wildman–Crippen MR) is 119 cm³/mol. The van der Waals surface area contributed by atoms with Gasteiger partial charge in [0, 0.05) is 17.8 Å².